The monoisotopic (exact) mass is 1450 g/mol. The normalized spacial score (nSPS) is 25.0. The first-order chi connectivity index (χ1) is 50.1. The fourth-order valence-electron chi connectivity index (χ4n) is 16.9. The number of aromatic nitrogens is 2. The largest absolute Gasteiger partial charge is 0.455 e. The van der Waals surface area contributed by atoms with Gasteiger partial charge in [-0.1, -0.05) is 129 Å². The van der Waals surface area contributed by atoms with Crippen LogP contribution in [0.15, 0.2) is 113 Å². The molecule has 1 saturated carbocycles. The van der Waals surface area contributed by atoms with Gasteiger partial charge in [0.05, 0.1) is 47.3 Å². The number of benzene rings is 4. The molecular formula is C80H109Cl2N15O6. The Kier molecular flexibility index (Phi) is 25.0. The van der Waals surface area contributed by atoms with Crippen molar-refractivity contribution in [3.63, 3.8) is 0 Å². The van der Waals surface area contributed by atoms with Crippen LogP contribution in [0.4, 0.5) is 0 Å². The van der Waals surface area contributed by atoms with E-state index in [0.717, 1.165) is 153 Å². The maximum Gasteiger partial charge on any atom is 0.288 e. The van der Waals surface area contributed by atoms with Gasteiger partial charge in [0.25, 0.3) is 12.0 Å². The van der Waals surface area contributed by atoms with Crippen molar-refractivity contribution in [2.24, 2.45) is 21.6 Å². The minimum absolute atomic E-state index is 0.0428. The minimum atomic E-state index is -0.806. The smallest absolute Gasteiger partial charge is 0.288 e. The van der Waals surface area contributed by atoms with Gasteiger partial charge < -0.3 is 75.8 Å². The molecule has 0 spiro atoms. The zero-order valence-electron chi connectivity index (χ0n) is 60.8. The van der Waals surface area contributed by atoms with E-state index in [1.54, 1.807) is 11.1 Å². The third kappa shape index (κ3) is 18.2. The molecule has 1 aliphatic carbocycles. The van der Waals surface area contributed by atoms with Crippen molar-refractivity contribution >= 4 is 80.7 Å². The van der Waals surface area contributed by atoms with E-state index in [9.17, 15) is 14.4 Å². The molecule has 7 aliphatic rings. The number of unbranched alkanes of at least 4 members (excludes halogenated alkanes) is 2. The Bertz CT molecular complexity index is 3890. The Hall–Kier alpha value is -7.24. The highest BCUT2D eigenvalue weighted by Gasteiger charge is 2.44. The number of carbonyl (C=O) groups is 4. The van der Waals surface area contributed by atoms with Crippen molar-refractivity contribution in [2.75, 3.05) is 85.1 Å². The number of halogens is 2. The number of nitrogens with two attached hydrogens (primary N) is 1. The number of fused-ring (bicyclic) bond motifs is 2. The second-order valence-corrected chi connectivity index (χ2v) is 31.2. The summed E-state index contributed by atoms with van der Waals surface area (Å²) in [7, 11) is 0. The highest BCUT2D eigenvalue weighted by Crippen LogP contribution is 2.38. The molecule has 0 bridgehead atoms. The molecule has 3 unspecified atom stereocenters. The third-order valence-corrected chi connectivity index (χ3v) is 23.4. The number of amidine groups is 2. The molecule has 6 aromatic rings. The van der Waals surface area contributed by atoms with Crippen molar-refractivity contribution in [1.82, 2.24) is 60.6 Å². The van der Waals surface area contributed by atoms with Crippen LogP contribution in [0.1, 0.15) is 170 Å². The fraction of sp³-hybridized carbons (Fsp3) is 0.575. The molecule has 4 aromatic carbocycles. The molecular weight excluding hydrogens is 1340 g/mol. The lowest BCUT2D eigenvalue weighted by molar-refractivity contribution is -0.145. The van der Waals surface area contributed by atoms with Crippen LogP contribution in [0.3, 0.4) is 0 Å². The van der Waals surface area contributed by atoms with Gasteiger partial charge in [0.2, 0.25) is 23.6 Å². The maximum atomic E-state index is 15.5. The summed E-state index contributed by atoms with van der Waals surface area (Å²) in [5.41, 5.74) is 13.0. The number of aromatic amines is 2. The predicted molar refractivity (Wildman–Crippen MR) is 409 cm³/mol. The Morgan fingerprint density at radius 3 is 1.73 bits per heavy atom. The molecule has 6 aliphatic heterocycles. The maximum absolute atomic E-state index is 15.5. The zero-order chi connectivity index (χ0) is 71.5. The topological polar surface area (TPSA) is 237 Å². The first kappa shape index (κ1) is 74.0. The lowest BCUT2D eigenvalue weighted by atomic mass is 9.85. The number of nitrogens with zero attached hydrogens (tertiary/aromatic N) is 8. The summed E-state index contributed by atoms with van der Waals surface area (Å²) in [6, 6.07) is 30.9. The number of piperidine rings is 2. The molecule has 4 amide bonds. The lowest BCUT2D eigenvalue weighted by Crippen LogP contribution is -2.64. The molecule has 8 N–H and O–H groups in total. The Morgan fingerprint density at radius 1 is 0.602 bits per heavy atom. The summed E-state index contributed by atoms with van der Waals surface area (Å²) >= 11 is 14.0. The van der Waals surface area contributed by atoms with Crippen LogP contribution in [0.2, 0.25) is 10.0 Å². The van der Waals surface area contributed by atoms with Gasteiger partial charge in [0, 0.05) is 97.5 Å². The molecule has 23 heteroatoms. The third-order valence-electron chi connectivity index (χ3n) is 22.7. The van der Waals surface area contributed by atoms with E-state index in [-0.39, 0.29) is 92.1 Å². The number of likely N-dealkylation sites (tertiary alicyclic amines) is 2. The summed E-state index contributed by atoms with van der Waals surface area (Å²) in [5, 5.41) is 17.1. The van der Waals surface area contributed by atoms with Crippen LogP contribution in [0, 0.1) is 5.92 Å². The number of hydrogen-bond donors (Lipinski definition) is 7. The summed E-state index contributed by atoms with van der Waals surface area (Å²) < 4.78 is 13.2. The van der Waals surface area contributed by atoms with E-state index in [2.05, 4.69) is 105 Å². The average molecular weight is 1450 g/mol. The molecule has 554 valence electrons. The highest BCUT2D eigenvalue weighted by atomic mass is 35.5. The number of H-pyrrole nitrogens is 2. The van der Waals surface area contributed by atoms with E-state index in [4.69, 9.17) is 48.4 Å². The number of nitrogens with one attached hydrogen (secondary N) is 6. The van der Waals surface area contributed by atoms with Gasteiger partial charge >= 0.3 is 0 Å². The standard InChI is InChI=1S/C80H109Cl2N15O6/c1-52(2)87-67(24-12-16-36-92-34-14-7-15-35-92)77(100)96-41-39-94(79-88-53(3)73(102-79)58-19-8-5-9-20-58)50-69(96)75(98)86-47-57-29-33-66-63(44-57)71(82)72(91-66)60-23-18-38-93(49-60)37-17-13-25-68(90-61-30-26-55(45-83)27-31-61)78(101)97-42-40-95(80-89-54(4)74(103-80)59-21-10-6-11-22-59)51-70(97)76(99)85-46-56-28-32-65-62(43-56)64(81)48-84-65/h5-6,8-11,19-22,28-29,32-33,43-44,48,52-55,60-61,67-70,73-74,84,87,90-91H,7,12-18,23-27,30-31,34-42,45-47,49-51,83H2,1-4H3,(H,85,99)(H,86,98)/t53-,54-,55?,60?,61?,67+,68+,69-,70-,73?,74?/m0/s1. The Balaban J connectivity index is 0.652. The van der Waals surface area contributed by atoms with Crippen molar-refractivity contribution in [3.8, 4) is 0 Å². The summed E-state index contributed by atoms with van der Waals surface area (Å²) in [6.07, 6.45) is 16.0. The minimum Gasteiger partial charge on any atom is -0.455 e. The van der Waals surface area contributed by atoms with E-state index in [1.807, 2.05) is 75.4 Å². The summed E-state index contributed by atoms with van der Waals surface area (Å²) in [5.74, 6) is 0.108. The van der Waals surface area contributed by atoms with Gasteiger partial charge in [-0.15, -0.1) is 0 Å². The van der Waals surface area contributed by atoms with E-state index in [1.165, 1.54) is 19.3 Å². The van der Waals surface area contributed by atoms with Gasteiger partial charge in [-0.25, -0.2) is 9.98 Å². The molecule has 0 radical (unpaired) electrons. The molecule has 8 heterocycles. The number of aliphatic imine (C=N–C) groups is 2. The van der Waals surface area contributed by atoms with Gasteiger partial charge in [-0.05, 0) is 183 Å². The van der Waals surface area contributed by atoms with Crippen LogP contribution in [-0.4, -0.2) is 208 Å². The number of amides is 4. The summed E-state index contributed by atoms with van der Waals surface area (Å²) in [6.45, 7) is 17.6. The Labute approximate surface area is 618 Å². The molecule has 21 nitrogen and oxygen atoms in total. The summed E-state index contributed by atoms with van der Waals surface area (Å²) in [4.78, 5) is 89.7. The Morgan fingerprint density at radius 2 is 1.15 bits per heavy atom. The first-order valence-electron chi connectivity index (χ1n) is 38.6. The first-order valence-corrected chi connectivity index (χ1v) is 39.3. The highest BCUT2D eigenvalue weighted by molar-refractivity contribution is 6.36. The molecule has 103 heavy (non-hydrogen) atoms. The second kappa shape index (κ2) is 34.8. The second-order valence-electron chi connectivity index (χ2n) is 30.5. The number of carbonyl (C=O) groups excluding carboxylic acids is 4. The van der Waals surface area contributed by atoms with E-state index < -0.39 is 24.2 Å². The van der Waals surface area contributed by atoms with Gasteiger partial charge in [-0.3, -0.25) is 19.2 Å². The van der Waals surface area contributed by atoms with Gasteiger partial charge in [-0.2, -0.15) is 0 Å². The predicted octanol–water partition coefficient (Wildman–Crippen LogP) is 10.8. The number of rotatable bonds is 26. The number of hydrogen-bond acceptors (Lipinski definition) is 15. The van der Waals surface area contributed by atoms with Crippen molar-refractivity contribution in [2.45, 2.75) is 204 Å². The van der Waals surface area contributed by atoms with Crippen LogP contribution < -0.4 is 27.0 Å². The van der Waals surface area contributed by atoms with Crippen LogP contribution >= 0.6 is 23.2 Å². The molecule has 4 saturated heterocycles. The van der Waals surface area contributed by atoms with E-state index >= 15 is 4.79 Å². The molecule has 5 fully saturated rings. The molecule has 9 atom stereocenters. The number of ether oxygens (including phenoxy) is 2. The molecule has 2 aromatic heterocycles. The zero-order valence-corrected chi connectivity index (χ0v) is 62.3. The average Bonchev–Trinajstić information content (AvgIpc) is 1.73. The van der Waals surface area contributed by atoms with Gasteiger partial charge in [0.15, 0.2) is 0 Å². The quantitative estimate of drug-likeness (QED) is 0.0251. The molecule has 13 rings (SSSR count). The van der Waals surface area contributed by atoms with E-state index in [0.29, 0.717) is 73.6 Å². The fourth-order valence-corrected chi connectivity index (χ4v) is 17.4. The van der Waals surface area contributed by atoms with Crippen molar-refractivity contribution in [3.05, 3.63) is 141 Å². The van der Waals surface area contributed by atoms with Crippen LogP contribution in [0.5, 0.6) is 0 Å². The lowest BCUT2D eigenvalue weighted by Gasteiger charge is -2.43. The number of piperazine rings is 2. The van der Waals surface area contributed by atoms with Crippen molar-refractivity contribution in [1.29, 1.82) is 0 Å². The SMILES string of the molecule is CC(C)N[C@H](CCCCN1CCCCC1)C(=O)N1CCN(C2=N[C@@H](C)C(c3ccccc3)O2)C[C@H]1C(=O)NCc1ccc2[nH]c(C3CCCN(CCCC[C@@H](NC4CCC(CN)CC4)C(=O)N4CCN(C5=N[C@@H](C)C(c6ccccc6)O5)C[C@H]4C(=O)NCc4ccc5[nH]cc(Cl)c5c4)C3)c(Cl)c2c1. The van der Waals surface area contributed by atoms with Gasteiger partial charge in [0.1, 0.15) is 24.3 Å². The van der Waals surface area contributed by atoms with Crippen LogP contribution in [-0.2, 0) is 41.7 Å². The van der Waals surface area contributed by atoms with Crippen LogP contribution in [0.25, 0.3) is 21.8 Å². The van der Waals surface area contributed by atoms with Crippen molar-refractivity contribution < 1.29 is 28.7 Å².